The Morgan fingerprint density at radius 1 is 1.40 bits per heavy atom. The van der Waals surface area contributed by atoms with Crippen LogP contribution in [0.3, 0.4) is 0 Å². The first-order valence-electron chi connectivity index (χ1n) is 4.15. The number of benzene rings is 1. The largest absolute Gasteiger partial charge is 0.479 e. The summed E-state index contributed by atoms with van der Waals surface area (Å²) in [6.07, 6.45) is -1.71. The van der Waals surface area contributed by atoms with Crippen LogP contribution in [0.15, 0.2) is 18.2 Å². The Morgan fingerprint density at radius 3 is 2.47 bits per heavy atom. The topological polar surface area (TPSA) is 74.6 Å². The summed E-state index contributed by atoms with van der Waals surface area (Å²) >= 11 is 5.80. The van der Waals surface area contributed by atoms with Gasteiger partial charge in [0.05, 0.1) is 5.02 Å². The molecule has 0 saturated carbocycles. The molecule has 1 aromatic rings. The van der Waals surface area contributed by atoms with E-state index in [-0.39, 0.29) is 21.9 Å². The predicted octanol–water partition coefficient (Wildman–Crippen LogP) is 1.66. The number of carboxylic acids is 1. The van der Waals surface area contributed by atoms with Crippen molar-refractivity contribution in [2.24, 2.45) is 0 Å². The highest BCUT2D eigenvalue weighted by Gasteiger charge is 2.21. The molecule has 0 aliphatic carbocycles. The van der Waals surface area contributed by atoms with E-state index in [9.17, 15) is 14.7 Å². The second kappa shape index (κ2) is 4.42. The van der Waals surface area contributed by atoms with E-state index in [0.29, 0.717) is 0 Å². The molecule has 0 amide bonds. The van der Waals surface area contributed by atoms with E-state index in [1.54, 1.807) is 0 Å². The van der Waals surface area contributed by atoms with Crippen molar-refractivity contribution in [3.63, 3.8) is 0 Å². The first kappa shape index (κ1) is 11.7. The fraction of sp³-hybridized carbons (Fsp3) is 0.200. The summed E-state index contributed by atoms with van der Waals surface area (Å²) in [7, 11) is 0. The molecule has 15 heavy (non-hydrogen) atoms. The zero-order chi connectivity index (χ0) is 11.6. The molecule has 0 aliphatic heterocycles. The Labute approximate surface area is 91.1 Å². The van der Waals surface area contributed by atoms with E-state index in [4.69, 9.17) is 16.7 Å². The lowest BCUT2D eigenvalue weighted by Crippen LogP contribution is -2.12. The summed E-state index contributed by atoms with van der Waals surface area (Å²) in [5.41, 5.74) is 0.228. The molecule has 0 heterocycles. The fourth-order valence-corrected chi connectivity index (χ4v) is 1.53. The van der Waals surface area contributed by atoms with Crippen molar-refractivity contribution in [1.82, 2.24) is 0 Å². The molecule has 0 saturated heterocycles. The predicted molar refractivity (Wildman–Crippen MR) is 54.1 cm³/mol. The van der Waals surface area contributed by atoms with Gasteiger partial charge in [-0.1, -0.05) is 23.7 Å². The van der Waals surface area contributed by atoms with Crippen LogP contribution >= 0.6 is 11.6 Å². The monoisotopic (exact) mass is 228 g/mol. The van der Waals surface area contributed by atoms with Crippen molar-refractivity contribution >= 4 is 23.4 Å². The van der Waals surface area contributed by atoms with Crippen LogP contribution in [0.4, 0.5) is 0 Å². The Hall–Kier alpha value is -1.39. The molecule has 0 spiro atoms. The first-order valence-corrected chi connectivity index (χ1v) is 4.53. The molecule has 4 nitrogen and oxygen atoms in total. The SMILES string of the molecule is CC(=O)c1cccc(C(O)C(=O)O)c1Cl. The number of ketones is 1. The van der Waals surface area contributed by atoms with Crippen LogP contribution in [0.5, 0.6) is 0 Å². The lowest BCUT2D eigenvalue weighted by Gasteiger charge is -2.10. The minimum Gasteiger partial charge on any atom is -0.479 e. The Bertz CT molecular complexity index is 414. The second-order valence-corrected chi connectivity index (χ2v) is 3.38. The van der Waals surface area contributed by atoms with Crippen LogP contribution in [-0.2, 0) is 4.79 Å². The van der Waals surface area contributed by atoms with Crippen LogP contribution in [-0.4, -0.2) is 22.0 Å². The molecule has 0 radical (unpaired) electrons. The summed E-state index contributed by atoms with van der Waals surface area (Å²) < 4.78 is 0. The molecule has 1 unspecified atom stereocenters. The van der Waals surface area contributed by atoms with Crippen LogP contribution in [0, 0.1) is 0 Å². The lowest BCUT2D eigenvalue weighted by molar-refractivity contribution is -0.146. The number of hydrogen-bond acceptors (Lipinski definition) is 3. The summed E-state index contributed by atoms with van der Waals surface area (Å²) in [6.45, 7) is 1.32. The van der Waals surface area contributed by atoms with E-state index >= 15 is 0 Å². The molecule has 1 atom stereocenters. The van der Waals surface area contributed by atoms with Crippen LogP contribution < -0.4 is 0 Å². The average Bonchev–Trinajstić information content (AvgIpc) is 2.16. The lowest BCUT2D eigenvalue weighted by atomic mass is 10.0. The molecule has 5 heteroatoms. The Kier molecular flexibility index (Phi) is 3.44. The maximum absolute atomic E-state index is 11.1. The smallest absolute Gasteiger partial charge is 0.337 e. The number of carbonyl (C=O) groups excluding carboxylic acids is 1. The van der Waals surface area contributed by atoms with Gasteiger partial charge in [-0.25, -0.2) is 4.79 Å². The summed E-state index contributed by atoms with van der Waals surface area (Å²) in [4.78, 5) is 21.6. The van der Waals surface area contributed by atoms with E-state index in [1.807, 2.05) is 0 Å². The molecule has 2 N–H and O–H groups in total. The molecule has 0 aromatic heterocycles. The van der Waals surface area contributed by atoms with Crippen molar-refractivity contribution in [1.29, 1.82) is 0 Å². The number of aliphatic hydroxyl groups is 1. The van der Waals surface area contributed by atoms with Gasteiger partial charge < -0.3 is 10.2 Å². The van der Waals surface area contributed by atoms with Crippen LogP contribution in [0.1, 0.15) is 28.9 Å². The maximum Gasteiger partial charge on any atom is 0.337 e. The fourth-order valence-electron chi connectivity index (χ4n) is 1.17. The average molecular weight is 229 g/mol. The highest BCUT2D eigenvalue weighted by atomic mass is 35.5. The van der Waals surface area contributed by atoms with Crippen molar-refractivity contribution in [2.75, 3.05) is 0 Å². The molecule has 0 aliphatic rings. The molecule has 0 bridgehead atoms. The number of halogens is 1. The van der Waals surface area contributed by atoms with Crippen molar-refractivity contribution in [2.45, 2.75) is 13.0 Å². The van der Waals surface area contributed by atoms with Crippen molar-refractivity contribution < 1.29 is 19.8 Å². The standard InChI is InChI=1S/C10H9ClO4/c1-5(12)6-3-2-4-7(8(6)11)9(13)10(14)15/h2-4,9,13H,1H3,(H,14,15). The van der Waals surface area contributed by atoms with E-state index in [1.165, 1.54) is 25.1 Å². The first-order chi connectivity index (χ1) is 6.95. The van der Waals surface area contributed by atoms with Crippen molar-refractivity contribution in [3.05, 3.63) is 34.3 Å². The van der Waals surface area contributed by atoms with Gasteiger partial charge in [0.25, 0.3) is 0 Å². The van der Waals surface area contributed by atoms with Crippen molar-refractivity contribution in [3.8, 4) is 0 Å². The third-order valence-electron chi connectivity index (χ3n) is 1.94. The summed E-state index contributed by atoms with van der Waals surface area (Å²) in [5.74, 6) is -1.68. The van der Waals surface area contributed by atoms with E-state index in [0.717, 1.165) is 0 Å². The van der Waals surface area contributed by atoms with Gasteiger partial charge in [0.15, 0.2) is 11.9 Å². The Balaban J connectivity index is 3.26. The third kappa shape index (κ3) is 2.34. The number of Topliss-reactive ketones (excluding diaryl/α,β-unsaturated/α-hetero) is 1. The van der Waals surface area contributed by atoms with E-state index < -0.39 is 12.1 Å². The van der Waals surface area contributed by atoms with E-state index in [2.05, 4.69) is 0 Å². The second-order valence-electron chi connectivity index (χ2n) is 3.01. The van der Waals surface area contributed by atoms with Crippen LogP contribution in [0.25, 0.3) is 0 Å². The van der Waals surface area contributed by atoms with Gasteiger partial charge in [0, 0.05) is 11.1 Å². The van der Waals surface area contributed by atoms with Gasteiger partial charge in [0.2, 0.25) is 0 Å². The normalized spacial score (nSPS) is 12.2. The molecule has 1 aromatic carbocycles. The van der Waals surface area contributed by atoms with Gasteiger partial charge in [-0.3, -0.25) is 4.79 Å². The number of aliphatic hydroxyl groups excluding tert-OH is 1. The highest BCUT2D eigenvalue weighted by Crippen LogP contribution is 2.27. The minimum absolute atomic E-state index is 0.0140. The molecular formula is C10H9ClO4. The minimum atomic E-state index is -1.71. The third-order valence-corrected chi connectivity index (χ3v) is 2.36. The number of hydrogen-bond donors (Lipinski definition) is 2. The zero-order valence-electron chi connectivity index (χ0n) is 7.90. The molecule has 1 rings (SSSR count). The van der Waals surface area contributed by atoms with Gasteiger partial charge in [-0.2, -0.15) is 0 Å². The molecular weight excluding hydrogens is 220 g/mol. The van der Waals surface area contributed by atoms with Gasteiger partial charge in [0.1, 0.15) is 0 Å². The quantitative estimate of drug-likeness (QED) is 0.772. The molecule has 80 valence electrons. The number of carboxylic acid groups (broad SMARTS) is 1. The number of aliphatic carboxylic acids is 1. The van der Waals surface area contributed by atoms with Gasteiger partial charge in [-0.05, 0) is 13.0 Å². The highest BCUT2D eigenvalue weighted by molar-refractivity contribution is 6.34. The maximum atomic E-state index is 11.1. The number of carbonyl (C=O) groups is 2. The van der Waals surface area contributed by atoms with Gasteiger partial charge in [-0.15, -0.1) is 0 Å². The van der Waals surface area contributed by atoms with Crippen LogP contribution in [0.2, 0.25) is 5.02 Å². The molecule has 0 fully saturated rings. The summed E-state index contributed by atoms with van der Waals surface area (Å²) in [6, 6.07) is 4.32. The van der Waals surface area contributed by atoms with Gasteiger partial charge >= 0.3 is 5.97 Å². The Morgan fingerprint density at radius 2 is 2.00 bits per heavy atom. The zero-order valence-corrected chi connectivity index (χ0v) is 8.65. The number of rotatable bonds is 3. The summed E-state index contributed by atoms with van der Waals surface area (Å²) in [5, 5.41) is 17.9.